The number of nitrogens with zero attached hydrogens (tertiary/aromatic N) is 4. The van der Waals surface area contributed by atoms with Crippen molar-refractivity contribution in [2.45, 2.75) is 19.8 Å². The van der Waals surface area contributed by atoms with E-state index < -0.39 is 13.0 Å². The first kappa shape index (κ1) is 23.2. The Bertz CT molecular complexity index is 1330. The summed E-state index contributed by atoms with van der Waals surface area (Å²) in [5, 5.41) is 9.41. The first-order valence-corrected chi connectivity index (χ1v) is 10.9. The zero-order valence-electron chi connectivity index (χ0n) is 17.7. The van der Waals surface area contributed by atoms with Gasteiger partial charge in [-0.2, -0.15) is 4.98 Å². The highest BCUT2D eigenvalue weighted by Gasteiger charge is 2.15. The summed E-state index contributed by atoms with van der Waals surface area (Å²) in [6.07, 6.45) is -1.25. The van der Waals surface area contributed by atoms with Gasteiger partial charge < -0.3 is 19.9 Å². The summed E-state index contributed by atoms with van der Waals surface area (Å²) in [4.78, 5) is 37.0. The van der Waals surface area contributed by atoms with Crippen molar-refractivity contribution < 1.29 is 27.6 Å². The van der Waals surface area contributed by atoms with E-state index >= 15 is 0 Å². The lowest BCUT2D eigenvalue weighted by Crippen LogP contribution is -2.27. The van der Waals surface area contributed by atoms with Crippen molar-refractivity contribution in [1.82, 2.24) is 25.4 Å². The number of alkyl halides is 2. The van der Waals surface area contributed by atoms with Gasteiger partial charge in [0, 0.05) is 37.2 Å². The molecule has 4 rings (SSSR count). The number of hydrogen-bond acceptors (Lipinski definition) is 9. The van der Waals surface area contributed by atoms with E-state index in [1.807, 2.05) is 0 Å². The normalized spacial score (nSPS) is 11.1. The van der Waals surface area contributed by atoms with Gasteiger partial charge in [0.15, 0.2) is 11.7 Å². The standard InChI is InChI=1S/C21H18F2N6O4S/c1-11-26-18(29-33-11)12-3-2-4-13(9-12)19(31)24-8-6-16(30)28-21-27-14-5-7-25-20(17(14)34-21)32-10-15(22)23/h2-5,7,9,15H,6,8,10H2,1H3,(H,24,31)(H,27,28,30). The maximum absolute atomic E-state index is 12.4. The number of amides is 2. The summed E-state index contributed by atoms with van der Waals surface area (Å²) in [6, 6.07) is 8.30. The molecule has 2 N–H and O–H groups in total. The first-order chi connectivity index (χ1) is 16.4. The summed E-state index contributed by atoms with van der Waals surface area (Å²) in [6.45, 7) is 0.970. The molecule has 0 fully saturated rings. The van der Waals surface area contributed by atoms with E-state index in [1.54, 1.807) is 37.3 Å². The van der Waals surface area contributed by atoms with Gasteiger partial charge in [-0.3, -0.25) is 9.59 Å². The Labute approximate surface area is 195 Å². The maximum atomic E-state index is 12.4. The van der Waals surface area contributed by atoms with Gasteiger partial charge in [-0.15, -0.1) is 0 Å². The van der Waals surface area contributed by atoms with Crippen molar-refractivity contribution in [3.05, 3.63) is 48.0 Å². The Morgan fingerprint density at radius 3 is 2.85 bits per heavy atom. The topological polar surface area (TPSA) is 132 Å². The van der Waals surface area contributed by atoms with E-state index in [-0.39, 0.29) is 35.8 Å². The molecule has 0 bridgehead atoms. The van der Waals surface area contributed by atoms with Gasteiger partial charge in [-0.1, -0.05) is 28.6 Å². The van der Waals surface area contributed by atoms with Gasteiger partial charge in [-0.25, -0.2) is 18.7 Å². The fourth-order valence-electron chi connectivity index (χ4n) is 2.92. The molecule has 0 spiro atoms. The lowest BCUT2D eigenvalue weighted by molar-refractivity contribution is -0.116. The fourth-order valence-corrected chi connectivity index (χ4v) is 3.84. The summed E-state index contributed by atoms with van der Waals surface area (Å²) >= 11 is 1.06. The third-order valence-electron chi connectivity index (χ3n) is 4.41. The van der Waals surface area contributed by atoms with Crippen LogP contribution in [0.1, 0.15) is 22.7 Å². The number of carbonyl (C=O) groups excluding carboxylic acids is 2. The van der Waals surface area contributed by atoms with Crippen LogP contribution < -0.4 is 15.4 Å². The van der Waals surface area contributed by atoms with E-state index in [1.165, 1.54) is 6.20 Å². The molecule has 0 saturated carbocycles. The number of carbonyl (C=O) groups is 2. The highest BCUT2D eigenvalue weighted by molar-refractivity contribution is 7.22. The molecule has 10 nitrogen and oxygen atoms in total. The molecule has 4 aromatic rings. The Kier molecular flexibility index (Phi) is 7.01. The largest absolute Gasteiger partial charge is 0.471 e. The Morgan fingerprint density at radius 2 is 2.09 bits per heavy atom. The summed E-state index contributed by atoms with van der Waals surface area (Å²) in [5.74, 6) is 0.0823. The molecule has 3 heterocycles. The third kappa shape index (κ3) is 5.67. The van der Waals surface area contributed by atoms with Crippen molar-refractivity contribution in [3.8, 4) is 17.3 Å². The molecule has 2 amide bonds. The molecular weight excluding hydrogens is 470 g/mol. The van der Waals surface area contributed by atoms with Crippen molar-refractivity contribution in [2.75, 3.05) is 18.5 Å². The first-order valence-electron chi connectivity index (χ1n) is 10.0. The Hall–Kier alpha value is -4.00. The average Bonchev–Trinajstić information content (AvgIpc) is 3.43. The number of thiazole rings is 1. The second-order valence-electron chi connectivity index (χ2n) is 6.96. The predicted molar refractivity (Wildman–Crippen MR) is 119 cm³/mol. The minimum absolute atomic E-state index is 0.00161. The van der Waals surface area contributed by atoms with Crippen molar-refractivity contribution in [3.63, 3.8) is 0 Å². The van der Waals surface area contributed by atoms with Crippen LogP contribution in [0, 0.1) is 6.92 Å². The van der Waals surface area contributed by atoms with E-state index in [2.05, 4.69) is 30.7 Å². The average molecular weight is 488 g/mol. The molecule has 34 heavy (non-hydrogen) atoms. The molecule has 13 heteroatoms. The van der Waals surface area contributed by atoms with Crippen molar-refractivity contribution in [1.29, 1.82) is 0 Å². The number of halogens is 2. The molecule has 3 aromatic heterocycles. The maximum Gasteiger partial charge on any atom is 0.272 e. The van der Waals surface area contributed by atoms with E-state index in [9.17, 15) is 18.4 Å². The molecule has 0 unspecified atom stereocenters. The molecule has 176 valence electrons. The van der Waals surface area contributed by atoms with Gasteiger partial charge in [0.2, 0.25) is 23.5 Å². The number of fused-ring (bicyclic) bond motifs is 1. The Balaban J connectivity index is 1.31. The minimum Gasteiger partial charge on any atom is -0.471 e. The van der Waals surface area contributed by atoms with Crippen LogP contribution in [0.2, 0.25) is 0 Å². The van der Waals surface area contributed by atoms with Crippen LogP contribution in [-0.2, 0) is 4.79 Å². The number of rotatable bonds is 9. The van der Waals surface area contributed by atoms with Crippen molar-refractivity contribution in [2.24, 2.45) is 0 Å². The number of nitrogens with one attached hydrogen (secondary N) is 2. The highest BCUT2D eigenvalue weighted by Crippen LogP contribution is 2.32. The fraction of sp³-hybridized carbons (Fsp3) is 0.238. The zero-order valence-corrected chi connectivity index (χ0v) is 18.6. The lowest BCUT2D eigenvalue weighted by atomic mass is 10.1. The molecule has 0 radical (unpaired) electrons. The quantitative estimate of drug-likeness (QED) is 0.366. The van der Waals surface area contributed by atoms with Crippen LogP contribution in [-0.4, -0.2) is 51.5 Å². The molecular formula is C21H18F2N6O4S. The van der Waals surface area contributed by atoms with E-state index in [4.69, 9.17) is 9.26 Å². The van der Waals surface area contributed by atoms with Crippen LogP contribution in [0.15, 0.2) is 41.1 Å². The van der Waals surface area contributed by atoms with Gasteiger partial charge in [-0.05, 0) is 18.2 Å². The smallest absolute Gasteiger partial charge is 0.272 e. The number of aromatic nitrogens is 4. The van der Waals surface area contributed by atoms with Gasteiger partial charge in [0.25, 0.3) is 12.3 Å². The highest BCUT2D eigenvalue weighted by atomic mass is 32.1. The second-order valence-corrected chi connectivity index (χ2v) is 7.96. The number of pyridine rings is 1. The number of anilines is 1. The molecule has 1 aromatic carbocycles. The summed E-state index contributed by atoms with van der Waals surface area (Å²) < 4.78 is 35.2. The lowest BCUT2D eigenvalue weighted by Gasteiger charge is -2.06. The molecule has 0 saturated heterocycles. The van der Waals surface area contributed by atoms with Gasteiger partial charge >= 0.3 is 0 Å². The van der Waals surface area contributed by atoms with Crippen LogP contribution in [0.4, 0.5) is 13.9 Å². The third-order valence-corrected chi connectivity index (χ3v) is 5.39. The SMILES string of the molecule is Cc1nc(-c2cccc(C(=O)NCCC(=O)Nc3nc4ccnc(OCC(F)F)c4s3)c2)no1. The minimum atomic E-state index is -2.63. The second kappa shape index (κ2) is 10.3. The van der Waals surface area contributed by atoms with Crippen LogP contribution >= 0.6 is 11.3 Å². The summed E-state index contributed by atoms with van der Waals surface area (Å²) in [7, 11) is 0. The molecule has 0 atom stereocenters. The van der Waals surface area contributed by atoms with Gasteiger partial charge in [0.1, 0.15) is 4.70 Å². The van der Waals surface area contributed by atoms with E-state index in [0.717, 1.165) is 11.3 Å². The monoisotopic (exact) mass is 488 g/mol. The van der Waals surface area contributed by atoms with Crippen molar-refractivity contribution >= 4 is 38.5 Å². The van der Waals surface area contributed by atoms with Crippen LogP contribution in [0.5, 0.6) is 5.88 Å². The number of aryl methyl sites for hydroxylation is 1. The van der Waals surface area contributed by atoms with Gasteiger partial charge in [0.05, 0.1) is 5.52 Å². The number of ether oxygens (including phenoxy) is 1. The zero-order chi connectivity index (χ0) is 24.1. The predicted octanol–water partition coefficient (Wildman–Crippen LogP) is 3.45. The van der Waals surface area contributed by atoms with E-state index in [0.29, 0.717) is 33.1 Å². The van der Waals surface area contributed by atoms with Crippen LogP contribution in [0.3, 0.4) is 0 Å². The van der Waals surface area contributed by atoms with Crippen LogP contribution in [0.25, 0.3) is 21.6 Å². The molecule has 0 aliphatic rings. The molecule has 0 aliphatic heterocycles. The number of hydrogen-bond donors (Lipinski definition) is 2. The summed E-state index contributed by atoms with van der Waals surface area (Å²) in [5.41, 5.74) is 1.48. The Morgan fingerprint density at radius 1 is 1.24 bits per heavy atom. The number of benzene rings is 1. The molecule has 0 aliphatic carbocycles.